The van der Waals surface area contributed by atoms with Crippen molar-refractivity contribution in [3.63, 3.8) is 0 Å². The lowest BCUT2D eigenvalue weighted by atomic mass is 10.1. The maximum Gasteiger partial charge on any atom is 0.261 e. The van der Waals surface area contributed by atoms with E-state index >= 15 is 0 Å². The molecule has 0 aliphatic heterocycles. The first kappa shape index (κ1) is 21.1. The van der Waals surface area contributed by atoms with Crippen LogP contribution in [0.2, 0.25) is 5.02 Å². The van der Waals surface area contributed by atoms with Gasteiger partial charge in [0.05, 0.1) is 16.9 Å². The maximum absolute atomic E-state index is 13.0. The summed E-state index contributed by atoms with van der Waals surface area (Å²) in [5.74, 6) is 0.624. The molecule has 1 amide bonds. The standard InChI is InChI=1S/C23H26ClN3O2/c1-4-21(28)27(14-13-17-9-7-6-8-10-17)16(3)22-25-20-15-18(24)11-12-19(20)23(29)26(22)5-2/h6-12,15-16H,4-5,13-14H2,1-3H3. The van der Waals surface area contributed by atoms with Crippen LogP contribution >= 0.6 is 11.6 Å². The summed E-state index contributed by atoms with van der Waals surface area (Å²) in [7, 11) is 0. The van der Waals surface area contributed by atoms with Crippen LogP contribution in [0.25, 0.3) is 10.9 Å². The highest BCUT2D eigenvalue weighted by molar-refractivity contribution is 6.31. The van der Waals surface area contributed by atoms with Gasteiger partial charge in [0.25, 0.3) is 5.56 Å². The monoisotopic (exact) mass is 411 g/mol. The molecule has 2 aromatic carbocycles. The van der Waals surface area contributed by atoms with Crippen molar-refractivity contribution in [3.05, 3.63) is 75.3 Å². The Bertz CT molecular complexity index is 1060. The SMILES string of the molecule is CCC(=O)N(CCc1ccccc1)C(C)c1nc2cc(Cl)ccc2c(=O)n1CC. The molecule has 0 saturated heterocycles. The number of hydrogen-bond acceptors (Lipinski definition) is 3. The summed E-state index contributed by atoms with van der Waals surface area (Å²) in [5, 5.41) is 1.06. The summed E-state index contributed by atoms with van der Waals surface area (Å²) < 4.78 is 1.65. The van der Waals surface area contributed by atoms with Crippen molar-refractivity contribution in [1.29, 1.82) is 0 Å². The van der Waals surface area contributed by atoms with E-state index in [0.29, 0.717) is 41.3 Å². The maximum atomic E-state index is 13.0. The molecule has 5 nitrogen and oxygen atoms in total. The molecule has 0 radical (unpaired) electrons. The Kier molecular flexibility index (Phi) is 6.70. The average Bonchev–Trinajstić information content (AvgIpc) is 2.73. The van der Waals surface area contributed by atoms with Gasteiger partial charge in [-0.05, 0) is 44.0 Å². The second kappa shape index (κ2) is 9.23. The minimum absolute atomic E-state index is 0.0384. The van der Waals surface area contributed by atoms with Crippen molar-refractivity contribution in [1.82, 2.24) is 14.5 Å². The molecule has 0 saturated carbocycles. The van der Waals surface area contributed by atoms with E-state index in [1.54, 1.807) is 22.8 Å². The molecule has 1 aromatic heterocycles. The molecule has 0 N–H and O–H groups in total. The fourth-order valence-electron chi connectivity index (χ4n) is 3.61. The first-order chi connectivity index (χ1) is 14.0. The highest BCUT2D eigenvalue weighted by Crippen LogP contribution is 2.23. The topological polar surface area (TPSA) is 55.2 Å². The zero-order valence-corrected chi connectivity index (χ0v) is 17.8. The summed E-state index contributed by atoms with van der Waals surface area (Å²) in [5.41, 5.74) is 1.61. The Balaban J connectivity index is 2.02. The van der Waals surface area contributed by atoms with E-state index < -0.39 is 0 Å². The van der Waals surface area contributed by atoms with Gasteiger partial charge in [0.1, 0.15) is 5.82 Å². The van der Waals surface area contributed by atoms with Gasteiger partial charge in [-0.2, -0.15) is 0 Å². The molecule has 152 valence electrons. The molecule has 1 heterocycles. The fraction of sp³-hybridized carbons (Fsp3) is 0.348. The molecule has 1 unspecified atom stereocenters. The molecule has 3 aromatic rings. The Morgan fingerprint density at radius 2 is 1.90 bits per heavy atom. The van der Waals surface area contributed by atoms with Gasteiger partial charge in [0.2, 0.25) is 5.91 Å². The molecule has 3 rings (SSSR count). The quantitative estimate of drug-likeness (QED) is 0.570. The van der Waals surface area contributed by atoms with Crippen LogP contribution in [0.3, 0.4) is 0 Å². The van der Waals surface area contributed by atoms with Crippen LogP contribution in [0.1, 0.15) is 44.6 Å². The lowest BCUT2D eigenvalue weighted by Crippen LogP contribution is -2.38. The lowest BCUT2D eigenvalue weighted by molar-refractivity contribution is -0.133. The smallest absolute Gasteiger partial charge is 0.261 e. The third-order valence-electron chi connectivity index (χ3n) is 5.21. The zero-order valence-electron chi connectivity index (χ0n) is 17.1. The van der Waals surface area contributed by atoms with E-state index in [4.69, 9.17) is 16.6 Å². The van der Waals surface area contributed by atoms with Crippen molar-refractivity contribution in [3.8, 4) is 0 Å². The van der Waals surface area contributed by atoms with Gasteiger partial charge in [-0.25, -0.2) is 4.98 Å². The summed E-state index contributed by atoms with van der Waals surface area (Å²) >= 11 is 6.12. The molecular formula is C23H26ClN3O2. The number of nitrogens with zero attached hydrogens (tertiary/aromatic N) is 3. The van der Waals surface area contributed by atoms with Crippen LogP contribution in [0, 0.1) is 0 Å². The van der Waals surface area contributed by atoms with Gasteiger partial charge in [-0.15, -0.1) is 0 Å². The number of aromatic nitrogens is 2. The number of carbonyl (C=O) groups excluding carboxylic acids is 1. The van der Waals surface area contributed by atoms with Crippen molar-refractivity contribution in [2.75, 3.05) is 6.54 Å². The number of fused-ring (bicyclic) bond motifs is 1. The minimum atomic E-state index is -0.331. The van der Waals surface area contributed by atoms with Crippen molar-refractivity contribution >= 4 is 28.4 Å². The number of benzene rings is 2. The Morgan fingerprint density at radius 1 is 1.17 bits per heavy atom. The molecule has 0 bridgehead atoms. The van der Waals surface area contributed by atoms with E-state index in [2.05, 4.69) is 12.1 Å². The van der Waals surface area contributed by atoms with Gasteiger partial charge >= 0.3 is 0 Å². The Hall–Kier alpha value is -2.66. The van der Waals surface area contributed by atoms with Gasteiger partial charge < -0.3 is 4.90 Å². The molecule has 6 heteroatoms. The summed E-state index contributed by atoms with van der Waals surface area (Å²) in [4.78, 5) is 32.3. The molecular weight excluding hydrogens is 386 g/mol. The second-order valence-corrected chi connectivity index (χ2v) is 7.47. The highest BCUT2D eigenvalue weighted by Gasteiger charge is 2.25. The molecule has 0 aliphatic rings. The second-order valence-electron chi connectivity index (χ2n) is 7.03. The third-order valence-corrected chi connectivity index (χ3v) is 5.45. The minimum Gasteiger partial charge on any atom is -0.332 e. The molecule has 0 aliphatic carbocycles. The molecule has 0 fully saturated rings. The first-order valence-electron chi connectivity index (χ1n) is 9.99. The predicted molar refractivity (Wildman–Crippen MR) is 117 cm³/mol. The summed E-state index contributed by atoms with van der Waals surface area (Å²) in [6.45, 7) is 6.74. The van der Waals surface area contributed by atoms with Gasteiger partial charge in [0, 0.05) is 24.5 Å². The number of halogens is 1. The zero-order chi connectivity index (χ0) is 21.0. The lowest BCUT2D eigenvalue weighted by Gasteiger charge is -2.30. The number of rotatable bonds is 7. The van der Waals surface area contributed by atoms with E-state index in [-0.39, 0.29) is 17.5 Å². The number of amides is 1. The number of hydrogen-bond donors (Lipinski definition) is 0. The van der Waals surface area contributed by atoms with E-state index in [1.165, 1.54) is 5.56 Å². The molecule has 0 spiro atoms. The normalized spacial score (nSPS) is 12.1. The van der Waals surface area contributed by atoms with Crippen LogP contribution in [0.5, 0.6) is 0 Å². The highest BCUT2D eigenvalue weighted by atomic mass is 35.5. The van der Waals surface area contributed by atoms with Crippen LogP contribution < -0.4 is 5.56 Å². The van der Waals surface area contributed by atoms with Gasteiger partial charge in [-0.1, -0.05) is 48.9 Å². The van der Waals surface area contributed by atoms with E-state index in [9.17, 15) is 9.59 Å². The predicted octanol–water partition coefficient (Wildman–Crippen LogP) is 4.61. The molecule has 29 heavy (non-hydrogen) atoms. The first-order valence-corrected chi connectivity index (χ1v) is 10.4. The average molecular weight is 412 g/mol. The number of carbonyl (C=O) groups is 1. The van der Waals surface area contributed by atoms with Crippen molar-refractivity contribution < 1.29 is 4.79 Å². The van der Waals surface area contributed by atoms with Crippen LogP contribution in [-0.2, 0) is 17.8 Å². The third kappa shape index (κ3) is 4.51. The van der Waals surface area contributed by atoms with Crippen LogP contribution in [0.4, 0.5) is 0 Å². The van der Waals surface area contributed by atoms with Crippen LogP contribution in [-0.4, -0.2) is 26.9 Å². The molecule has 1 atom stereocenters. The van der Waals surface area contributed by atoms with E-state index in [0.717, 1.165) is 6.42 Å². The van der Waals surface area contributed by atoms with Gasteiger partial charge in [-0.3, -0.25) is 14.2 Å². The van der Waals surface area contributed by atoms with Crippen LogP contribution in [0.15, 0.2) is 53.3 Å². The van der Waals surface area contributed by atoms with E-state index in [1.807, 2.05) is 43.9 Å². The summed E-state index contributed by atoms with van der Waals surface area (Å²) in [6.07, 6.45) is 1.14. The Morgan fingerprint density at radius 3 is 2.55 bits per heavy atom. The van der Waals surface area contributed by atoms with Crippen molar-refractivity contribution in [2.45, 2.75) is 46.2 Å². The van der Waals surface area contributed by atoms with Gasteiger partial charge in [0.15, 0.2) is 0 Å². The fourth-order valence-corrected chi connectivity index (χ4v) is 3.77. The summed E-state index contributed by atoms with van der Waals surface area (Å²) in [6, 6.07) is 14.8. The van der Waals surface area contributed by atoms with Crippen molar-refractivity contribution in [2.24, 2.45) is 0 Å². The largest absolute Gasteiger partial charge is 0.332 e. The Labute approximate surface area is 175 Å².